The van der Waals surface area contributed by atoms with Crippen LogP contribution in [-0.2, 0) is 14.2 Å². The van der Waals surface area contributed by atoms with E-state index in [2.05, 4.69) is 0 Å². The fourth-order valence-electron chi connectivity index (χ4n) is 1.64. The van der Waals surface area contributed by atoms with Crippen LogP contribution < -0.4 is 0 Å². The molecule has 17 heavy (non-hydrogen) atoms. The van der Waals surface area contributed by atoms with Crippen LogP contribution in [0.2, 0.25) is 0 Å². The Labute approximate surface area is 103 Å². The minimum absolute atomic E-state index is 0.0131. The molecule has 0 aromatic rings. The molecule has 0 aliphatic carbocycles. The molecule has 0 spiro atoms. The third-order valence-electron chi connectivity index (χ3n) is 2.65. The molecule has 0 amide bonds. The van der Waals surface area contributed by atoms with Crippen LogP contribution in [-0.4, -0.2) is 55.6 Å². The monoisotopic (exact) mass is 248 g/mol. The smallest absolute Gasteiger partial charge is 0.157 e. The highest BCUT2D eigenvalue weighted by molar-refractivity contribution is 4.54. The van der Waals surface area contributed by atoms with Gasteiger partial charge in [-0.05, 0) is 32.1 Å². The van der Waals surface area contributed by atoms with Crippen molar-refractivity contribution in [3.8, 4) is 0 Å². The second kappa shape index (κ2) is 9.79. The lowest BCUT2D eigenvalue weighted by Gasteiger charge is -2.22. The van der Waals surface area contributed by atoms with E-state index in [1.54, 1.807) is 0 Å². The molecule has 0 saturated carbocycles. The van der Waals surface area contributed by atoms with Gasteiger partial charge in [0, 0.05) is 19.8 Å². The normalized spacial score (nSPS) is 22.6. The molecule has 5 nitrogen and oxygen atoms in total. The number of rotatable bonds is 9. The molecular weight excluding hydrogens is 224 g/mol. The van der Waals surface area contributed by atoms with E-state index < -0.39 is 6.10 Å². The van der Waals surface area contributed by atoms with Crippen LogP contribution in [0.3, 0.4) is 0 Å². The van der Waals surface area contributed by atoms with E-state index in [4.69, 9.17) is 24.4 Å². The summed E-state index contributed by atoms with van der Waals surface area (Å²) in [5.41, 5.74) is 0. The van der Waals surface area contributed by atoms with Gasteiger partial charge in [-0.25, -0.2) is 0 Å². The molecule has 1 aliphatic rings. The summed E-state index contributed by atoms with van der Waals surface area (Å²) in [6, 6.07) is 0. The molecule has 0 aromatic carbocycles. The van der Waals surface area contributed by atoms with Crippen molar-refractivity contribution in [2.75, 3.05) is 33.0 Å². The first-order chi connectivity index (χ1) is 8.33. The zero-order chi connectivity index (χ0) is 12.3. The molecule has 1 saturated heterocycles. The average molecular weight is 248 g/mol. The molecule has 1 heterocycles. The summed E-state index contributed by atoms with van der Waals surface area (Å²) in [6.07, 6.45) is 4.37. The van der Waals surface area contributed by atoms with Gasteiger partial charge in [0.05, 0.1) is 13.2 Å². The zero-order valence-corrected chi connectivity index (χ0v) is 10.3. The minimum atomic E-state index is -0.762. The van der Waals surface area contributed by atoms with Gasteiger partial charge in [0.1, 0.15) is 6.10 Å². The quantitative estimate of drug-likeness (QED) is 0.587. The summed E-state index contributed by atoms with van der Waals surface area (Å²) >= 11 is 0. The van der Waals surface area contributed by atoms with E-state index in [0.29, 0.717) is 13.2 Å². The van der Waals surface area contributed by atoms with Crippen LogP contribution in [0.5, 0.6) is 0 Å². The number of aliphatic hydroxyl groups excluding tert-OH is 2. The summed E-state index contributed by atoms with van der Waals surface area (Å²) < 4.78 is 16.2. The molecule has 2 atom stereocenters. The van der Waals surface area contributed by atoms with Crippen LogP contribution in [0.25, 0.3) is 0 Å². The second-order valence-corrected chi connectivity index (χ2v) is 4.29. The molecular formula is C12H24O5. The van der Waals surface area contributed by atoms with Crippen LogP contribution in [0.1, 0.15) is 32.1 Å². The third-order valence-corrected chi connectivity index (χ3v) is 2.65. The predicted molar refractivity (Wildman–Crippen MR) is 62.7 cm³/mol. The van der Waals surface area contributed by atoms with E-state index in [-0.39, 0.29) is 19.5 Å². The van der Waals surface area contributed by atoms with E-state index >= 15 is 0 Å². The van der Waals surface area contributed by atoms with Crippen molar-refractivity contribution in [3.63, 3.8) is 0 Å². The highest BCUT2D eigenvalue weighted by Crippen LogP contribution is 2.13. The molecule has 1 rings (SSSR count). The van der Waals surface area contributed by atoms with Crippen molar-refractivity contribution in [1.29, 1.82) is 0 Å². The molecule has 0 radical (unpaired) electrons. The number of unbranched alkanes of at least 4 members (excludes halogenated alkanes) is 1. The van der Waals surface area contributed by atoms with Gasteiger partial charge in [-0.2, -0.15) is 0 Å². The molecule has 0 bridgehead atoms. The Bertz CT molecular complexity index is 170. The Hall–Kier alpha value is -0.200. The summed E-state index contributed by atoms with van der Waals surface area (Å²) in [7, 11) is 0. The zero-order valence-electron chi connectivity index (χ0n) is 10.3. The van der Waals surface area contributed by atoms with Gasteiger partial charge >= 0.3 is 0 Å². The molecule has 1 aliphatic heterocycles. The van der Waals surface area contributed by atoms with Crippen molar-refractivity contribution in [2.45, 2.75) is 44.5 Å². The fourth-order valence-corrected chi connectivity index (χ4v) is 1.64. The molecule has 2 unspecified atom stereocenters. The van der Waals surface area contributed by atoms with E-state index in [0.717, 1.165) is 32.3 Å². The highest BCUT2D eigenvalue weighted by atomic mass is 16.7. The molecule has 0 aromatic heterocycles. The van der Waals surface area contributed by atoms with Gasteiger partial charge in [0.2, 0.25) is 0 Å². The van der Waals surface area contributed by atoms with E-state index in [1.165, 1.54) is 6.42 Å². The lowest BCUT2D eigenvalue weighted by Crippen LogP contribution is -2.23. The minimum Gasteiger partial charge on any atom is -0.394 e. The van der Waals surface area contributed by atoms with Crippen molar-refractivity contribution >= 4 is 0 Å². The first-order valence-electron chi connectivity index (χ1n) is 6.43. The average Bonchev–Trinajstić information content (AvgIpc) is 2.38. The topological polar surface area (TPSA) is 68.2 Å². The van der Waals surface area contributed by atoms with E-state index in [9.17, 15) is 0 Å². The van der Waals surface area contributed by atoms with Gasteiger partial charge in [0.15, 0.2) is 6.29 Å². The van der Waals surface area contributed by atoms with Crippen LogP contribution in [0.15, 0.2) is 0 Å². The van der Waals surface area contributed by atoms with Gasteiger partial charge < -0.3 is 24.4 Å². The van der Waals surface area contributed by atoms with Gasteiger partial charge in [-0.3, -0.25) is 0 Å². The molecule has 5 heteroatoms. The Morgan fingerprint density at radius 2 is 2.06 bits per heavy atom. The summed E-state index contributed by atoms with van der Waals surface area (Å²) in [5, 5.41) is 17.6. The molecule has 2 N–H and O–H groups in total. The van der Waals surface area contributed by atoms with Crippen LogP contribution in [0, 0.1) is 0 Å². The van der Waals surface area contributed by atoms with Gasteiger partial charge in [0.25, 0.3) is 0 Å². The first kappa shape index (κ1) is 14.9. The van der Waals surface area contributed by atoms with Crippen molar-refractivity contribution in [1.82, 2.24) is 0 Å². The summed E-state index contributed by atoms with van der Waals surface area (Å²) in [5.74, 6) is 0. The summed E-state index contributed by atoms with van der Waals surface area (Å²) in [6.45, 7) is 2.04. The predicted octanol–water partition coefficient (Wildman–Crippen LogP) is 0.680. The van der Waals surface area contributed by atoms with Crippen molar-refractivity contribution in [3.05, 3.63) is 0 Å². The standard InChI is InChI=1S/C12H24O5/c13-9-11(14)10-15-6-3-4-8-17-12-5-1-2-7-16-12/h11-14H,1-10H2. The maximum Gasteiger partial charge on any atom is 0.157 e. The number of hydrogen-bond acceptors (Lipinski definition) is 5. The highest BCUT2D eigenvalue weighted by Gasteiger charge is 2.13. The number of aliphatic hydroxyl groups is 2. The maximum absolute atomic E-state index is 9.01. The summed E-state index contributed by atoms with van der Waals surface area (Å²) in [4.78, 5) is 0. The fraction of sp³-hybridized carbons (Fsp3) is 1.00. The SMILES string of the molecule is OCC(O)COCCCCOC1CCCCO1. The Kier molecular flexibility index (Phi) is 8.56. The van der Waals surface area contributed by atoms with Crippen molar-refractivity contribution < 1.29 is 24.4 Å². The van der Waals surface area contributed by atoms with Crippen molar-refractivity contribution in [2.24, 2.45) is 0 Å². The first-order valence-corrected chi connectivity index (χ1v) is 6.43. The Morgan fingerprint density at radius 1 is 1.24 bits per heavy atom. The van der Waals surface area contributed by atoms with Gasteiger partial charge in [-0.1, -0.05) is 0 Å². The van der Waals surface area contributed by atoms with Gasteiger partial charge in [-0.15, -0.1) is 0 Å². The molecule has 102 valence electrons. The van der Waals surface area contributed by atoms with Crippen LogP contribution in [0.4, 0.5) is 0 Å². The van der Waals surface area contributed by atoms with E-state index in [1.807, 2.05) is 0 Å². The Morgan fingerprint density at radius 3 is 2.76 bits per heavy atom. The lowest BCUT2D eigenvalue weighted by molar-refractivity contribution is -0.163. The largest absolute Gasteiger partial charge is 0.394 e. The number of ether oxygens (including phenoxy) is 3. The Balaban J connectivity index is 1.80. The number of hydrogen-bond donors (Lipinski definition) is 2. The maximum atomic E-state index is 9.01. The third kappa shape index (κ3) is 7.68. The second-order valence-electron chi connectivity index (χ2n) is 4.29. The molecule has 1 fully saturated rings. The lowest BCUT2D eigenvalue weighted by atomic mass is 10.2. The van der Waals surface area contributed by atoms with Crippen LogP contribution >= 0.6 is 0 Å².